The highest BCUT2D eigenvalue weighted by atomic mass is 32.2. The Hall–Kier alpha value is -1.13. The number of benzene rings is 1. The molecule has 0 amide bonds. The minimum atomic E-state index is -0.826. The van der Waals surface area contributed by atoms with Crippen molar-refractivity contribution in [3.8, 4) is 0 Å². The lowest BCUT2D eigenvalue weighted by atomic mass is 10.2. The first kappa shape index (κ1) is 15.3. The summed E-state index contributed by atoms with van der Waals surface area (Å²) in [6.45, 7) is 7.09. The zero-order valence-corrected chi connectivity index (χ0v) is 13.2. The van der Waals surface area contributed by atoms with Gasteiger partial charge in [0.05, 0.1) is 6.04 Å². The Morgan fingerprint density at radius 3 is 2.65 bits per heavy atom. The number of rotatable bonds is 7. The average Bonchev–Trinajstić information content (AvgIpc) is 2.80. The molecule has 4 heteroatoms. The van der Waals surface area contributed by atoms with Crippen LogP contribution < -0.4 is 5.32 Å². The summed E-state index contributed by atoms with van der Waals surface area (Å²) in [5.41, 5.74) is 0.889. The van der Waals surface area contributed by atoms with Gasteiger partial charge in [0.2, 0.25) is 0 Å². The molecule has 20 heavy (non-hydrogen) atoms. The summed E-state index contributed by atoms with van der Waals surface area (Å²) in [5, 5.41) is 4.47. The van der Waals surface area contributed by atoms with Gasteiger partial charge in [-0.05, 0) is 24.6 Å². The summed E-state index contributed by atoms with van der Waals surface area (Å²) in [7, 11) is -0.826. The molecule has 1 aromatic heterocycles. The molecule has 0 radical (unpaired) electrons. The van der Waals surface area contributed by atoms with Crippen LogP contribution in [0.15, 0.2) is 34.7 Å². The summed E-state index contributed by atoms with van der Waals surface area (Å²) >= 11 is 0. The fourth-order valence-corrected chi connectivity index (χ4v) is 3.82. The van der Waals surface area contributed by atoms with Gasteiger partial charge in [-0.2, -0.15) is 0 Å². The van der Waals surface area contributed by atoms with Crippen LogP contribution in [0, 0.1) is 5.92 Å². The number of furan rings is 1. The average molecular weight is 293 g/mol. The lowest BCUT2D eigenvalue weighted by molar-refractivity contribution is 0.461. The minimum Gasteiger partial charge on any atom is -0.459 e. The molecular weight excluding hydrogens is 270 g/mol. The van der Waals surface area contributed by atoms with Gasteiger partial charge in [0.25, 0.3) is 0 Å². The van der Waals surface area contributed by atoms with Crippen LogP contribution in [0.2, 0.25) is 0 Å². The number of para-hydroxylation sites is 1. The largest absolute Gasteiger partial charge is 0.459 e. The van der Waals surface area contributed by atoms with Crippen molar-refractivity contribution in [2.75, 3.05) is 18.1 Å². The second kappa shape index (κ2) is 7.04. The van der Waals surface area contributed by atoms with Crippen molar-refractivity contribution in [2.45, 2.75) is 26.8 Å². The maximum absolute atomic E-state index is 12.2. The molecule has 0 aliphatic carbocycles. The van der Waals surface area contributed by atoms with Crippen molar-refractivity contribution in [3.05, 3.63) is 36.1 Å². The molecule has 1 aromatic carbocycles. The topological polar surface area (TPSA) is 42.2 Å². The number of nitrogens with one attached hydrogen (secondary N) is 1. The zero-order chi connectivity index (χ0) is 14.5. The first-order valence-corrected chi connectivity index (χ1v) is 8.65. The van der Waals surface area contributed by atoms with Crippen LogP contribution in [0.4, 0.5) is 0 Å². The van der Waals surface area contributed by atoms with Crippen LogP contribution in [0.25, 0.3) is 11.0 Å². The molecule has 2 atom stereocenters. The van der Waals surface area contributed by atoms with E-state index in [1.54, 1.807) is 0 Å². The normalized spacial score (nSPS) is 14.8. The maximum Gasteiger partial charge on any atom is 0.134 e. The molecular formula is C16H23NO2S. The van der Waals surface area contributed by atoms with Crippen molar-refractivity contribution < 1.29 is 8.63 Å². The first-order chi connectivity index (χ1) is 9.60. The lowest BCUT2D eigenvalue weighted by Gasteiger charge is -2.15. The Morgan fingerprint density at radius 2 is 2.00 bits per heavy atom. The maximum atomic E-state index is 12.2. The summed E-state index contributed by atoms with van der Waals surface area (Å²) in [6, 6.07) is 10.0. The van der Waals surface area contributed by atoms with E-state index in [1.165, 1.54) is 0 Å². The predicted octanol–water partition coefficient (Wildman–Crippen LogP) is 3.49. The quantitative estimate of drug-likeness (QED) is 0.849. The van der Waals surface area contributed by atoms with Gasteiger partial charge in [0.15, 0.2) is 0 Å². The molecule has 0 saturated heterocycles. The minimum absolute atomic E-state index is 0.0204. The Kier molecular flexibility index (Phi) is 5.38. The monoisotopic (exact) mass is 293 g/mol. The number of hydrogen-bond donors (Lipinski definition) is 1. The number of hydrogen-bond acceptors (Lipinski definition) is 3. The summed E-state index contributed by atoms with van der Waals surface area (Å²) in [6.07, 6.45) is 0. The molecule has 2 unspecified atom stereocenters. The Morgan fingerprint density at radius 1 is 1.25 bits per heavy atom. The van der Waals surface area contributed by atoms with Crippen LogP contribution in [-0.2, 0) is 10.8 Å². The number of fused-ring (bicyclic) bond motifs is 1. The van der Waals surface area contributed by atoms with E-state index in [2.05, 4.69) is 32.2 Å². The summed E-state index contributed by atoms with van der Waals surface area (Å²) < 4.78 is 18.0. The standard InChI is InChI=1S/C16H23NO2S/c1-4-17-14(11-20(18)10-12(2)3)16-9-13-7-5-6-8-15(13)19-16/h5-9,12,14,17H,4,10-11H2,1-3H3. The summed E-state index contributed by atoms with van der Waals surface area (Å²) in [5.74, 6) is 2.67. The first-order valence-electron chi connectivity index (χ1n) is 7.17. The molecule has 3 nitrogen and oxygen atoms in total. The third-order valence-corrected chi connectivity index (χ3v) is 4.85. The van der Waals surface area contributed by atoms with Crippen LogP contribution in [0.1, 0.15) is 32.6 Å². The molecule has 2 rings (SSSR count). The molecule has 0 aliphatic rings. The predicted molar refractivity (Wildman–Crippen MR) is 85.3 cm³/mol. The zero-order valence-electron chi connectivity index (χ0n) is 12.4. The lowest BCUT2D eigenvalue weighted by Crippen LogP contribution is -2.27. The van der Waals surface area contributed by atoms with Crippen LogP contribution in [0.3, 0.4) is 0 Å². The molecule has 0 bridgehead atoms. The highest BCUT2D eigenvalue weighted by Crippen LogP contribution is 2.24. The third-order valence-electron chi connectivity index (χ3n) is 3.11. The molecule has 0 fully saturated rings. The Balaban J connectivity index is 2.16. The van der Waals surface area contributed by atoms with Gasteiger partial charge in [0.1, 0.15) is 11.3 Å². The molecule has 2 aromatic rings. The summed E-state index contributed by atoms with van der Waals surface area (Å²) in [4.78, 5) is 0. The van der Waals surface area contributed by atoms with E-state index in [1.807, 2.05) is 24.3 Å². The molecule has 1 N–H and O–H groups in total. The Labute approximate surface area is 123 Å². The van der Waals surface area contributed by atoms with Gasteiger partial charge in [-0.15, -0.1) is 0 Å². The third kappa shape index (κ3) is 3.93. The van der Waals surface area contributed by atoms with Crippen molar-refractivity contribution in [1.82, 2.24) is 5.32 Å². The van der Waals surface area contributed by atoms with Gasteiger partial charge in [0, 0.05) is 27.7 Å². The second-order valence-electron chi connectivity index (χ2n) is 5.46. The van der Waals surface area contributed by atoms with Gasteiger partial charge < -0.3 is 9.73 Å². The van der Waals surface area contributed by atoms with E-state index < -0.39 is 10.8 Å². The van der Waals surface area contributed by atoms with Gasteiger partial charge in [-0.25, -0.2) is 0 Å². The molecule has 0 spiro atoms. The van der Waals surface area contributed by atoms with Gasteiger partial charge >= 0.3 is 0 Å². The van der Waals surface area contributed by atoms with Crippen molar-refractivity contribution in [2.24, 2.45) is 5.92 Å². The van der Waals surface area contributed by atoms with E-state index in [0.717, 1.165) is 29.0 Å². The molecule has 0 saturated carbocycles. The van der Waals surface area contributed by atoms with E-state index in [9.17, 15) is 4.21 Å². The van der Waals surface area contributed by atoms with E-state index >= 15 is 0 Å². The fourth-order valence-electron chi connectivity index (χ4n) is 2.29. The smallest absolute Gasteiger partial charge is 0.134 e. The van der Waals surface area contributed by atoms with E-state index in [0.29, 0.717) is 11.7 Å². The van der Waals surface area contributed by atoms with Crippen LogP contribution >= 0.6 is 0 Å². The molecule has 0 aliphatic heterocycles. The van der Waals surface area contributed by atoms with E-state index in [-0.39, 0.29) is 6.04 Å². The van der Waals surface area contributed by atoms with E-state index in [4.69, 9.17) is 4.42 Å². The van der Waals surface area contributed by atoms with Crippen molar-refractivity contribution in [1.29, 1.82) is 0 Å². The van der Waals surface area contributed by atoms with Crippen molar-refractivity contribution >= 4 is 21.8 Å². The Bertz CT molecular complexity index is 544. The van der Waals surface area contributed by atoms with Crippen molar-refractivity contribution in [3.63, 3.8) is 0 Å². The van der Waals surface area contributed by atoms with Crippen LogP contribution in [-0.4, -0.2) is 22.3 Å². The molecule has 1 heterocycles. The van der Waals surface area contributed by atoms with Crippen LogP contribution in [0.5, 0.6) is 0 Å². The fraction of sp³-hybridized carbons (Fsp3) is 0.500. The highest BCUT2D eigenvalue weighted by molar-refractivity contribution is 7.85. The SMILES string of the molecule is CCNC(CS(=O)CC(C)C)c1cc2ccccc2o1. The second-order valence-corrected chi connectivity index (χ2v) is 7.01. The highest BCUT2D eigenvalue weighted by Gasteiger charge is 2.18. The van der Waals surface area contributed by atoms with Gasteiger partial charge in [-0.3, -0.25) is 4.21 Å². The molecule has 110 valence electrons. The van der Waals surface area contributed by atoms with Gasteiger partial charge in [-0.1, -0.05) is 39.0 Å².